The molecule has 0 saturated carbocycles. The Labute approximate surface area is 147 Å². The molecule has 0 bridgehead atoms. The molecule has 0 spiro atoms. The molecule has 0 atom stereocenters. The molecule has 4 nitrogen and oxygen atoms in total. The van der Waals surface area contributed by atoms with Crippen molar-refractivity contribution in [1.29, 1.82) is 0 Å². The molecule has 122 valence electrons. The Kier molecular flexibility index (Phi) is 4.83. The van der Waals surface area contributed by atoms with Gasteiger partial charge in [-0.2, -0.15) is 0 Å². The third-order valence-corrected chi connectivity index (χ3v) is 4.04. The topological polar surface area (TPSA) is 55.1 Å². The minimum Gasteiger partial charge on any atom is -0.444 e. The molecule has 1 N–H and O–H groups in total. The first-order valence-electron chi connectivity index (χ1n) is 6.97. The van der Waals surface area contributed by atoms with Gasteiger partial charge in [0.25, 0.3) is 5.91 Å². The van der Waals surface area contributed by atoms with E-state index in [0.29, 0.717) is 21.2 Å². The van der Waals surface area contributed by atoms with Gasteiger partial charge in [-0.25, -0.2) is 9.37 Å². The number of benzene rings is 2. The van der Waals surface area contributed by atoms with Crippen molar-refractivity contribution in [2.45, 2.75) is 6.54 Å². The Morgan fingerprint density at radius 3 is 2.71 bits per heavy atom. The van der Waals surface area contributed by atoms with Gasteiger partial charge in [0, 0.05) is 17.7 Å². The predicted octanol–water partition coefficient (Wildman–Crippen LogP) is 4.72. The van der Waals surface area contributed by atoms with Gasteiger partial charge >= 0.3 is 0 Å². The van der Waals surface area contributed by atoms with Gasteiger partial charge in [-0.05, 0) is 24.3 Å². The number of nitrogens with zero attached hydrogens (tertiary/aromatic N) is 1. The van der Waals surface area contributed by atoms with Crippen molar-refractivity contribution >= 4 is 29.1 Å². The standard InChI is InChI=1S/C17H11Cl2FN2O2/c18-12-6-5-10(7-13(12)19)17-22-15(9-24-17)16(23)21-8-11-3-1-2-4-14(11)20/h1-7,9H,8H2,(H,21,23). The molecule has 2 aromatic carbocycles. The largest absolute Gasteiger partial charge is 0.444 e. The number of amides is 1. The Hall–Kier alpha value is -2.37. The molecule has 0 aliphatic carbocycles. The normalized spacial score (nSPS) is 10.6. The monoisotopic (exact) mass is 364 g/mol. The molecule has 0 fully saturated rings. The van der Waals surface area contributed by atoms with E-state index in [4.69, 9.17) is 27.6 Å². The smallest absolute Gasteiger partial charge is 0.273 e. The maximum atomic E-state index is 13.5. The van der Waals surface area contributed by atoms with Gasteiger partial charge in [-0.1, -0.05) is 41.4 Å². The third kappa shape index (κ3) is 3.58. The van der Waals surface area contributed by atoms with E-state index < -0.39 is 5.91 Å². The van der Waals surface area contributed by atoms with E-state index in [1.54, 1.807) is 36.4 Å². The zero-order valence-corrected chi connectivity index (χ0v) is 13.7. The number of aromatic nitrogens is 1. The lowest BCUT2D eigenvalue weighted by molar-refractivity contribution is 0.0945. The van der Waals surface area contributed by atoms with Crippen LogP contribution in [0.2, 0.25) is 10.0 Å². The van der Waals surface area contributed by atoms with Crippen LogP contribution in [0.4, 0.5) is 4.39 Å². The van der Waals surface area contributed by atoms with Crippen LogP contribution in [-0.2, 0) is 6.54 Å². The number of hydrogen-bond acceptors (Lipinski definition) is 3. The number of halogens is 3. The van der Waals surface area contributed by atoms with E-state index in [1.165, 1.54) is 12.3 Å². The number of oxazole rings is 1. The van der Waals surface area contributed by atoms with Crippen LogP contribution in [0.5, 0.6) is 0 Å². The Balaban J connectivity index is 1.72. The van der Waals surface area contributed by atoms with Crippen molar-refractivity contribution in [3.63, 3.8) is 0 Å². The molecular formula is C17H11Cl2FN2O2. The summed E-state index contributed by atoms with van der Waals surface area (Å²) in [4.78, 5) is 16.2. The van der Waals surface area contributed by atoms with Crippen molar-refractivity contribution in [3.05, 3.63) is 75.8 Å². The number of nitrogens with one attached hydrogen (secondary N) is 1. The molecule has 3 rings (SSSR count). The van der Waals surface area contributed by atoms with Gasteiger partial charge in [0.2, 0.25) is 5.89 Å². The fourth-order valence-electron chi connectivity index (χ4n) is 2.05. The number of carbonyl (C=O) groups is 1. The number of carbonyl (C=O) groups excluding carboxylic acids is 1. The molecule has 0 radical (unpaired) electrons. The van der Waals surface area contributed by atoms with E-state index in [-0.39, 0.29) is 23.9 Å². The quantitative estimate of drug-likeness (QED) is 0.728. The highest BCUT2D eigenvalue weighted by Gasteiger charge is 2.14. The first-order valence-corrected chi connectivity index (χ1v) is 7.73. The first kappa shape index (κ1) is 16.5. The molecule has 0 unspecified atom stereocenters. The maximum Gasteiger partial charge on any atom is 0.273 e. The van der Waals surface area contributed by atoms with Crippen LogP contribution in [-0.4, -0.2) is 10.9 Å². The van der Waals surface area contributed by atoms with Gasteiger partial charge in [-0.3, -0.25) is 4.79 Å². The van der Waals surface area contributed by atoms with Crippen LogP contribution in [0.25, 0.3) is 11.5 Å². The molecule has 1 heterocycles. The summed E-state index contributed by atoms with van der Waals surface area (Å²) in [5.41, 5.74) is 1.07. The maximum absolute atomic E-state index is 13.5. The van der Waals surface area contributed by atoms with E-state index in [9.17, 15) is 9.18 Å². The fourth-order valence-corrected chi connectivity index (χ4v) is 2.35. The minimum atomic E-state index is -0.465. The van der Waals surface area contributed by atoms with Gasteiger partial charge in [0.15, 0.2) is 5.69 Å². The van der Waals surface area contributed by atoms with Crippen LogP contribution in [0, 0.1) is 5.82 Å². The van der Waals surface area contributed by atoms with Crippen molar-refractivity contribution < 1.29 is 13.6 Å². The van der Waals surface area contributed by atoms with Crippen LogP contribution in [0.15, 0.2) is 53.1 Å². The summed E-state index contributed by atoms with van der Waals surface area (Å²) >= 11 is 11.8. The second-order valence-corrected chi connectivity index (χ2v) is 5.76. The van der Waals surface area contributed by atoms with Crippen molar-refractivity contribution in [2.75, 3.05) is 0 Å². The molecule has 3 aromatic rings. The van der Waals surface area contributed by atoms with E-state index >= 15 is 0 Å². The Morgan fingerprint density at radius 2 is 1.96 bits per heavy atom. The minimum absolute atomic E-state index is 0.0560. The summed E-state index contributed by atoms with van der Waals surface area (Å²) < 4.78 is 18.8. The average molecular weight is 365 g/mol. The zero-order valence-electron chi connectivity index (χ0n) is 12.2. The van der Waals surface area contributed by atoms with Gasteiger partial charge < -0.3 is 9.73 Å². The first-order chi connectivity index (χ1) is 11.5. The highest BCUT2D eigenvalue weighted by molar-refractivity contribution is 6.42. The highest BCUT2D eigenvalue weighted by atomic mass is 35.5. The number of rotatable bonds is 4. The molecule has 0 aliphatic heterocycles. The summed E-state index contributed by atoms with van der Waals surface area (Å²) in [7, 11) is 0. The average Bonchev–Trinajstić information content (AvgIpc) is 3.06. The predicted molar refractivity (Wildman–Crippen MR) is 89.5 cm³/mol. The summed E-state index contributed by atoms with van der Waals surface area (Å²) in [6, 6.07) is 11.1. The highest BCUT2D eigenvalue weighted by Crippen LogP contribution is 2.28. The second-order valence-electron chi connectivity index (χ2n) is 4.94. The summed E-state index contributed by atoms with van der Waals surface area (Å²) in [6.07, 6.45) is 1.23. The molecule has 24 heavy (non-hydrogen) atoms. The summed E-state index contributed by atoms with van der Waals surface area (Å²) in [6.45, 7) is 0.0560. The fraction of sp³-hybridized carbons (Fsp3) is 0.0588. The van der Waals surface area contributed by atoms with E-state index in [2.05, 4.69) is 10.3 Å². The molecular weight excluding hydrogens is 354 g/mol. The van der Waals surface area contributed by atoms with E-state index in [1.807, 2.05) is 0 Å². The van der Waals surface area contributed by atoms with Crippen LogP contribution in [0.3, 0.4) is 0 Å². The molecule has 1 aromatic heterocycles. The molecule has 0 saturated heterocycles. The van der Waals surface area contributed by atoms with E-state index in [0.717, 1.165) is 0 Å². The van der Waals surface area contributed by atoms with Crippen LogP contribution in [0.1, 0.15) is 16.1 Å². The lowest BCUT2D eigenvalue weighted by atomic mass is 10.2. The lowest BCUT2D eigenvalue weighted by Crippen LogP contribution is -2.23. The van der Waals surface area contributed by atoms with Crippen molar-refractivity contribution in [3.8, 4) is 11.5 Å². The summed E-state index contributed by atoms with van der Waals surface area (Å²) in [5.74, 6) is -0.604. The van der Waals surface area contributed by atoms with Gasteiger partial charge in [0.1, 0.15) is 12.1 Å². The van der Waals surface area contributed by atoms with Gasteiger partial charge in [-0.15, -0.1) is 0 Å². The van der Waals surface area contributed by atoms with Crippen molar-refractivity contribution in [1.82, 2.24) is 10.3 Å². The number of hydrogen-bond donors (Lipinski definition) is 1. The van der Waals surface area contributed by atoms with Crippen LogP contribution < -0.4 is 5.32 Å². The Bertz CT molecular complexity index is 896. The zero-order chi connectivity index (χ0) is 17.1. The summed E-state index contributed by atoms with van der Waals surface area (Å²) in [5, 5.41) is 3.36. The SMILES string of the molecule is O=C(NCc1ccccc1F)c1coc(-c2ccc(Cl)c(Cl)c2)n1. The van der Waals surface area contributed by atoms with Crippen LogP contribution >= 0.6 is 23.2 Å². The molecule has 0 aliphatic rings. The van der Waals surface area contributed by atoms with Crippen molar-refractivity contribution in [2.24, 2.45) is 0 Å². The van der Waals surface area contributed by atoms with Gasteiger partial charge in [0.05, 0.1) is 10.0 Å². The molecule has 1 amide bonds. The molecule has 7 heteroatoms. The Morgan fingerprint density at radius 1 is 1.17 bits per heavy atom. The third-order valence-electron chi connectivity index (χ3n) is 3.30. The second kappa shape index (κ2) is 7.03. The lowest BCUT2D eigenvalue weighted by Gasteiger charge is -2.04.